The number of hydrogen-bond acceptors (Lipinski definition) is 6. The molecule has 1 saturated carbocycles. The first-order valence-corrected chi connectivity index (χ1v) is 11.2. The number of nitrogens with zero attached hydrogens (tertiary/aromatic N) is 3. The minimum atomic E-state index is 0.287. The van der Waals surface area contributed by atoms with Crippen LogP contribution in [0.25, 0.3) is 10.9 Å². The molecule has 0 bridgehead atoms. The average molecular weight is 426 g/mol. The summed E-state index contributed by atoms with van der Waals surface area (Å²) < 4.78 is 12.5. The van der Waals surface area contributed by atoms with E-state index in [1.165, 1.54) is 5.56 Å². The van der Waals surface area contributed by atoms with Gasteiger partial charge in [0, 0.05) is 43.0 Å². The van der Waals surface area contributed by atoms with E-state index in [4.69, 9.17) is 9.97 Å². The quantitative estimate of drug-likeness (QED) is 0.544. The fraction of sp³-hybridized carbons (Fsp3) is 0.391. The van der Waals surface area contributed by atoms with Crippen LogP contribution in [-0.2, 0) is 6.54 Å². The SMILES string of the molecule is CN(C)c1nc(NC2CCC(NCc3ccc(SF)cc3)CC2)nc2ccccc12. The van der Waals surface area contributed by atoms with E-state index in [1.807, 2.05) is 61.5 Å². The van der Waals surface area contributed by atoms with Gasteiger partial charge in [-0.3, -0.25) is 0 Å². The zero-order chi connectivity index (χ0) is 20.9. The second-order valence-electron chi connectivity index (χ2n) is 8.08. The van der Waals surface area contributed by atoms with Gasteiger partial charge in [-0.2, -0.15) is 8.87 Å². The molecule has 1 aromatic heterocycles. The van der Waals surface area contributed by atoms with Crippen LogP contribution in [0.3, 0.4) is 0 Å². The normalized spacial score (nSPS) is 19.0. The second-order valence-corrected chi connectivity index (χ2v) is 8.70. The summed E-state index contributed by atoms with van der Waals surface area (Å²) >= 11 is 0.287. The van der Waals surface area contributed by atoms with Crippen LogP contribution in [0.5, 0.6) is 0 Å². The van der Waals surface area contributed by atoms with E-state index in [1.54, 1.807) is 0 Å². The van der Waals surface area contributed by atoms with Gasteiger partial charge in [-0.15, -0.1) is 0 Å². The summed E-state index contributed by atoms with van der Waals surface area (Å²) in [6, 6.07) is 16.7. The van der Waals surface area contributed by atoms with Crippen LogP contribution < -0.4 is 15.5 Å². The molecule has 0 unspecified atom stereocenters. The molecule has 5 nitrogen and oxygen atoms in total. The maximum Gasteiger partial charge on any atom is 0.225 e. The van der Waals surface area contributed by atoms with Crippen molar-refractivity contribution in [1.82, 2.24) is 15.3 Å². The van der Waals surface area contributed by atoms with Crippen molar-refractivity contribution in [2.24, 2.45) is 0 Å². The molecule has 30 heavy (non-hydrogen) atoms. The fourth-order valence-corrected chi connectivity index (χ4v) is 4.25. The largest absolute Gasteiger partial charge is 0.362 e. The van der Waals surface area contributed by atoms with Crippen molar-refractivity contribution in [2.75, 3.05) is 24.3 Å². The van der Waals surface area contributed by atoms with Gasteiger partial charge in [-0.1, -0.05) is 24.3 Å². The second kappa shape index (κ2) is 9.62. The molecule has 1 aliphatic rings. The number of anilines is 2. The lowest BCUT2D eigenvalue weighted by atomic mass is 9.91. The van der Waals surface area contributed by atoms with Crippen molar-refractivity contribution < 1.29 is 3.89 Å². The van der Waals surface area contributed by atoms with Gasteiger partial charge in [0.15, 0.2) is 0 Å². The standard InChI is InChI=1S/C23H28FN5S/c1-29(2)22-20-5-3-4-6-21(20)27-23(28-22)26-18-11-9-17(10-12-18)25-15-16-7-13-19(30-24)14-8-16/h3-8,13-14,17-18,25H,9-12,15H2,1-2H3,(H,26,27,28). The third-order valence-electron chi connectivity index (χ3n) is 5.67. The van der Waals surface area contributed by atoms with Crippen LogP contribution in [-0.4, -0.2) is 36.1 Å². The smallest absolute Gasteiger partial charge is 0.225 e. The van der Waals surface area contributed by atoms with Gasteiger partial charge in [-0.25, -0.2) is 4.98 Å². The van der Waals surface area contributed by atoms with Crippen molar-refractivity contribution in [3.8, 4) is 0 Å². The number of aromatic nitrogens is 2. The molecule has 1 aliphatic carbocycles. The van der Waals surface area contributed by atoms with Gasteiger partial charge in [0.1, 0.15) is 5.82 Å². The molecule has 7 heteroatoms. The molecule has 4 rings (SSSR count). The molecule has 0 amide bonds. The lowest BCUT2D eigenvalue weighted by molar-refractivity contribution is 0.352. The molecule has 1 fully saturated rings. The number of rotatable bonds is 7. The third-order valence-corrected chi connectivity index (χ3v) is 6.12. The van der Waals surface area contributed by atoms with E-state index in [-0.39, 0.29) is 12.1 Å². The summed E-state index contributed by atoms with van der Waals surface area (Å²) in [5, 5.41) is 8.27. The van der Waals surface area contributed by atoms with Crippen LogP contribution >= 0.6 is 12.1 Å². The minimum absolute atomic E-state index is 0.287. The Morgan fingerprint density at radius 1 is 0.967 bits per heavy atom. The van der Waals surface area contributed by atoms with Crippen molar-refractivity contribution >= 4 is 34.8 Å². The topological polar surface area (TPSA) is 53.1 Å². The van der Waals surface area contributed by atoms with E-state index < -0.39 is 0 Å². The number of fused-ring (bicyclic) bond motifs is 1. The summed E-state index contributed by atoms with van der Waals surface area (Å²) in [5.41, 5.74) is 2.15. The molecule has 0 aliphatic heterocycles. The zero-order valence-electron chi connectivity index (χ0n) is 17.4. The molecule has 3 aromatic rings. The average Bonchev–Trinajstić information content (AvgIpc) is 2.78. The van der Waals surface area contributed by atoms with Crippen molar-refractivity contribution in [3.05, 3.63) is 54.1 Å². The Morgan fingerprint density at radius 2 is 1.67 bits per heavy atom. The Balaban J connectivity index is 1.32. The molecule has 158 valence electrons. The van der Waals surface area contributed by atoms with Gasteiger partial charge < -0.3 is 15.5 Å². The summed E-state index contributed by atoms with van der Waals surface area (Å²) in [7, 11) is 4.03. The molecular weight excluding hydrogens is 397 g/mol. The van der Waals surface area contributed by atoms with E-state index in [2.05, 4.69) is 16.7 Å². The Labute approximate surface area is 181 Å². The highest BCUT2D eigenvalue weighted by atomic mass is 32.2. The van der Waals surface area contributed by atoms with Gasteiger partial charge >= 0.3 is 0 Å². The molecule has 0 spiro atoms. The maximum absolute atomic E-state index is 12.5. The molecule has 0 radical (unpaired) electrons. The van der Waals surface area contributed by atoms with Gasteiger partial charge in [0.2, 0.25) is 5.95 Å². The predicted octanol–water partition coefficient (Wildman–Crippen LogP) is 5.19. The number of nitrogens with one attached hydrogen (secondary N) is 2. The van der Waals surface area contributed by atoms with E-state index in [0.717, 1.165) is 48.9 Å². The summed E-state index contributed by atoms with van der Waals surface area (Å²) in [5.74, 6) is 1.65. The van der Waals surface area contributed by atoms with Crippen LogP contribution in [0.1, 0.15) is 31.2 Å². The van der Waals surface area contributed by atoms with Crippen molar-refractivity contribution in [3.63, 3.8) is 0 Å². The molecule has 2 aromatic carbocycles. The molecule has 2 N–H and O–H groups in total. The van der Waals surface area contributed by atoms with Crippen LogP contribution in [0.4, 0.5) is 15.7 Å². The maximum atomic E-state index is 12.5. The number of benzene rings is 2. The summed E-state index contributed by atoms with van der Waals surface area (Å²) in [4.78, 5) is 12.2. The van der Waals surface area contributed by atoms with Crippen molar-refractivity contribution in [1.29, 1.82) is 0 Å². The molecule has 1 heterocycles. The molecule has 0 saturated heterocycles. The van der Waals surface area contributed by atoms with Gasteiger partial charge in [0.25, 0.3) is 0 Å². The number of para-hydroxylation sites is 1. The summed E-state index contributed by atoms with van der Waals surface area (Å²) in [6.07, 6.45) is 4.40. The van der Waals surface area contributed by atoms with E-state index >= 15 is 0 Å². The predicted molar refractivity (Wildman–Crippen MR) is 124 cm³/mol. The van der Waals surface area contributed by atoms with Crippen LogP contribution in [0.2, 0.25) is 0 Å². The Kier molecular flexibility index (Phi) is 6.69. The van der Waals surface area contributed by atoms with Gasteiger partial charge in [-0.05, 0) is 55.5 Å². The minimum Gasteiger partial charge on any atom is -0.362 e. The van der Waals surface area contributed by atoms with Crippen LogP contribution in [0.15, 0.2) is 53.4 Å². The molecule has 0 atom stereocenters. The molecular formula is C23H28FN5S. The van der Waals surface area contributed by atoms with Gasteiger partial charge in [0.05, 0.1) is 17.7 Å². The third kappa shape index (κ3) is 5.02. The van der Waals surface area contributed by atoms with Crippen molar-refractivity contribution in [2.45, 2.75) is 49.2 Å². The van der Waals surface area contributed by atoms with E-state index in [9.17, 15) is 3.89 Å². The number of hydrogen-bond donors (Lipinski definition) is 2. The van der Waals surface area contributed by atoms with E-state index in [0.29, 0.717) is 22.9 Å². The Bertz CT molecular complexity index is 971. The highest BCUT2D eigenvalue weighted by Gasteiger charge is 2.22. The highest BCUT2D eigenvalue weighted by Crippen LogP contribution is 2.26. The zero-order valence-corrected chi connectivity index (χ0v) is 18.3. The first-order chi connectivity index (χ1) is 14.6. The first-order valence-electron chi connectivity index (χ1n) is 10.4. The lowest BCUT2D eigenvalue weighted by Crippen LogP contribution is -2.37. The lowest BCUT2D eigenvalue weighted by Gasteiger charge is -2.30. The number of halogens is 1. The Hall–Kier alpha value is -2.38. The Morgan fingerprint density at radius 3 is 2.37 bits per heavy atom. The summed E-state index contributed by atoms with van der Waals surface area (Å²) in [6.45, 7) is 0.819. The highest BCUT2D eigenvalue weighted by molar-refractivity contribution is 7.94. The van der Waals surface area contributed by atoms with Crippen LogP contribution in [0, 0.1) is 0 Å². The monoisotopic (exact) mass is 425 g/mol. The fourth-order valence-electron chi connectivity index (χ4n) is 4.01. The first kappa shape index (κ1) is 20.9.